The van der Waals surface area contributed by atoms with E-state index in [-0.39, 0.29) is 0 Å². The Morgan fingerprint density at radius 1 is 1.28 bits per heavy atom. The molecule has 0 atom stereocenters. The van der Waals surface area contributed by atoms with Crippen molar-refractivity contribution in [2.24, 2.45) is 5.41 Å². The van der Waals surface area contributed by atoms with Gasteiger partial charge in [-0.15, -0.1) is 0 Å². The molecule has 1 aromatic carbocycles. The first-order valence-electron chi connectivity index (χ1n) is 6.91. The predicted octanol–water partition coefficient (Wildman–Crippen LogP) is 4.68. The van der Waals surface area contributed by atoms with E-state index in [2.05, 4.69) is 41.5 Å². The van der Waals surface area contributed by atoms with Crippen LogP contribution in [0.5, 0.6) is 0 Å². The summed E-state index contributed by atoms with van der Waals surface area (Å²) in [5, 5.41) is 4.65. The van der Waals surface area contributed by atoms with Crippen molar-refractivity contribution in [3.8, 4) is 0 Å². The van der Waals surface area contributed by atoms with Gasteiger partial charge in [0, 0.05) is 6.54 Å². The molecule has 0 bridgehead atoms. The van der Waals surface area contributed by atoms with Crippen molar-refractivity contribution in [2.45, 2.75) is 39.0 Å². The quantitative estimate of drug-likeness (QED) is 0.863. The zero-order valence-corrected chi connectivity index (χ0v) is 11.7. The van der Waals surface area contributed by atoms with Crippen LogP contribution in [0.15, 0.2) is 24.3 Å². The number of nitrogens with one attached hydrogen (secondary N) is 1. The van der Waals surface area contributed by atoms with E-state index >= 15 is 0 Å². The van der Waals surface area contributed by atoms with Crippen molar-refractivity contribution in [1.82, 2.24) is 4.98 Å². The van der Waals surface area contributed by atoms with Crippen molar-refractivity contribution < 1.29 is 0 Å². The molecule has 3 heteroatoms. The van der Waals surface area contributed by atoms with E-state index in [9.17, 15) is 0 Å². The Kier molecular flexibility index (Phi) is 3.25. The number of fused-ring (bicyclic) bond motifs is 1. The number of hydrogen-bond acceptors (Lipinski definition) is 3. The fourth-order valence-electron chi connectivity index (χ4n) is 2.99. The van der Waals surface area contributed by atoms with Gasteiger partial charge >= 0.3 is 0 Å². The van der Waals surface area contributed by atoms with Crippen LogP contribution in [-0.4, -0.2) is 11.5 Å². The number of anilines is 1. The molecule has 1 N–H and O–H groups in total. The maximum Gasteiger partial charge on any atom is 0.183 e. The summed E-state index contributed by atoms with van der Waals surface area (Å²) in [4.78, 5) is 4.65. The zero-order valence-electron chi connectivity index (χ0n) is 10.9. The highest BCUT2D eigenvalue weighted by molar-refractivity contribution is 7.22. The largest absolute Gasteiger partial charge is 0.361 e. The molecule has 2 nitrogen and oxygen atoms in total. The van der Waals surface area contributed by atoms with Gasteiger partial charge in [-0.1, -0.05) is 43.2 Å². The SMILES string of the molecule is CCC1(CNc2nc3ccccc3s2)CCCC1. The first-order chi connectivity index (χ1) is 8.81. The van der Waals surface area contributed by atoms with Crippen LogP contribution in [0.25, 0.3) is 10.2 Å². The van der Waals surface area contributed by atoms with Gasteiger partial charge in [-0.3, -0.25) is 0 Å². The summed E-state index contributed by atoms with van der Waals surface area (Å²) in [6.45, 7) is 3.41. The van der Waals surface area contributed by atoms with Crippen molar-refractivity contribution in [1.29, 1.82) is 0 Å². The standard InChI is InChI=1S/C15H20N2S/c1-2-15(9-5-6-10-15)11-16-14-17-12-7-3-4-8-13(12)18-14/h3-4,7-8H,2,5-6,9-11H2,1H3,(H,16,17). The molecule has 1 aliphatic rings. The van der Waals surface area contributed by atoms with E-state index in [4.69, 9.17) is 0 Å². The van der Waals surface area contributed by atoms with E-state index < -0.39 is 0 Å². The lowest BCUT2D eigenvalue weighted by molar-refractivity contribution is 0.307. The van der Waals surface area contributed by atoms with Gasteiger partial charge in [0.1, 0.15) is 0 Å². The molecule has 2 aromatic rings. The minimum absolute atomic E-state index is 0.526. The van der Waals surface area contributed by atoms with E-state index in [1.165, 1.54) is 36.8 Å². The second-order valence-corrected chi connectivity index (χ2v) is 6.43. The van der Waals surface area contributed by atoms with Crippen LogP contribution in [0.2, 0.25) is 0 Å². The van der Waals surface area contributed by atoms with Crippen molar-refractivity contribution in [3.05, 3.63) is 24.3 Å². The maximum absolute atomic E-state index is 4.65. The fraction of sp³-hybridized carbons (Fsp3) is 0.533. The maximum atomic E-state index is 4.65. The number of rotatable bonds is 4. The van der Waals surface area contributed by atoms with Gasteiger partial charge in [-0.05, 0) is 36.8 Å². The minimum atomic E-state index is 0.526. The Hall–Kier alpha value is -1.09. The highest BCUT2D eigenvalue weighted by atomic mass is 32.1. The molecule has 0 radical (unpaired) electrons. The molecular formula is C15H20N2S. The molecule has 0 aliphatic heterocycles. The summed E-state index contributed by atoms with van der Waals surface area (Å²) in [7, 11) is 0. The Balaban J connectivity index is 1.72. The molecule has 0 unspecified atom stereocenters. The summed E-state index contributed by atoms with van der Waals surface area (Å²) in [5.41, 5.74) is 1.64. The van der Waals surface area contributed by atoms with Gasteiger partial charge in [-0.25, -0.2) is 4.98 Å². The van der Waals surface area contributed by atoms with Crippen LogP contribution < -0.4 is 5.32 Å². The average Bonchev–Trinajstić information content (AvgIpc) is 3.03. The van der Waals surface area contributed by atoms with Gasteiger partial charge < -0.3 is 5.32 Å². The lowest BCUT2D eigenvalue weighted by Crippen LogP contribution is -2.25. The molecule has 3 rings (SSSR count). The molecule has 1 heterocycles. The van der Waals surface area contributed by atoms with Gasteiger partial charge in [-0.2, -0.15) is 0 Å². The zero-order chi connectivity index (χ0) is 12.4. The third-order valence-electron chi connectivity index (χ3n) is 4.32. The number of aromatic nitrogens is 1. The fourth-order valence-corrected chi connectivity index (χ4v) is 3.85. The lowest BCUT2D eigenvalue weighted by Gasteiger charge is -2.27. The summed E-state index contributed by atoms with van der Waals surface area (Å²) < 4.78 is 1.27. The van der Waals surface area contributed by atoms with Crippen LogP contribution >= 0.6 is 11.3 Å². The number of thiazole rings is 1. The van der Waals surface area contributed by atoms with Crippen molar-refractivity contribution in [3.63, 3.8) is 0 Å². The van der Waals surface area contributed by atoms with Crippen molar-refractivity contribution >= 4 is 26.7 Å². The number of benzene rings is 1. The molecule has 96 valence electrons. The van der Waals surface area contributed by atoms with E-state index in [0.717, 1.165) is 17.2 Å². The number of para-hydroxylation sites is 1. The topological polar surface area (TPSA) is 24.9 Å². The first-order valence-corrected chi connectivity index (χ1v) is 7.72. The van der Waals surface area contributed by atoms with E-state index in [0.29, 0.717) is 5.41 Å². The third kappa shape index (κ3) is 2.24. The Morgan fingerprint density at radius 2 is 2.06 bits per heavy atom. The molecular weight excluding hydrogens is 240 g/mol. The Morgan fingerprint density at radius 3 is 2.78 bits per heavy atom. The van der Waals surface area contributed by atoms with Crippen LogP contribution in [0.3, 0.4) is 0 Å². The monoisotopic (exact) mass is 260 g/mol. The molecule has 1 fully saturated rings. The van der Waals surface area contributed by atoms with Crippen LogP contribution in [0.1, 0.15) is 39.0 Å². The average molecular weight is 260 g/mol. The molecule has 0 spiro atoms. The Bertz CT molecular complexity index is 493. The molecule has 1 aromatic heterocycles. The van der Waals surface area contributed by atoms with Crippen LogP contribution in [0.4, 0.5) is 5.13 Å². The number of hydrogen-bond donors (Lipinski definition) is 1. The van der Waals surface area contributed by atoms with Gasteiger partial charge in [0.2, 0.25) is 0 Å². The van der Waals surface area contributed by atoms with Gasteiger partial charge in [0.05, 0.1) is 10.2 Å². The summed E-state index contributed by atoms with van der Waals surface area (Å²) >= 11 is 1.77. The van der Waals surface area contributed by atoms with E-state index in [1.807, 2.05) is 0 Å². The summed E-state index contributed by atoms with van der Waals surface area (Å²) in [6, 6.07) is 8.36. The highest BCUT2D eigenvalue weighted by Gasteiger charge is 2.31. The lowest BCUT2D eigenvalue weighted by atomic mass is 9.83. The summed E-state index contributed by atoms with van der Waals surface area (Å²) in [6.07, 6.45) is 6.83. The molecule has 0 amide bonds. The van der Waals surface area contributed by atoms with E-state index in [1.54, 1.807) is 11.3 Å². The summed E-state index contributed by atoms with van der Waals surface area (Å²) in [5.74, 6) is 0. The highest BCUT2D eigenvalue weighted by Crippen LogP contribution is 2.41. The van der Waals surface area contributed by atoms with Crippen LogP contribution in [0, 0.1) is 5.41 Å². The second-order valence-electron chi connectivity index (χ2n) is 5.40. The molecule has 1 saturated carbocycles. The Labute approximate surface area is 112 Å². The molecule has 1 aliphatic carbocycles. The smallest absolute Gasteiger partial charge is 0.183 e. The molecule has 0 saturated heterocycles. The predicted molar refractivity (Wildman–Crippen MR) is 79.3 cm³/mol. The van der Waals surface area contributed by atoms with Gasteiger partial charge in [0.25, 0.3) is 0 Å². The normalized spacial score (nSPS) is 18.3. The van der Waals surface area contributed by atoms with Gasteiger partial charge in [0.15, 0.2) is 5.13 Å². The van der Waals surface area contributed by atoms with Crippen molar-refractivity contribution in [2.75, 3.05) is 11.9 Å². The molecule has 18 heavy (non-hydrogen) atoms. The second kappa shape index (κ2) is 4.88. The third-order valence-corrected chi connectivity index (χ3v) is 5.32. The minimum Gasteiger partial charge on any atom is -0.361 e. The van der Waals surface area contributed by atoms with Crippen LogP contribution in [-0.2, 0) is 0 Å². The first kappa shape index (κ1) is 12.0. The number of nitrogens with zero attached hydrogens (tertiary/aromatic N) is 1.